The first-order valence-electron chi connectivity index (χ1n) is 6.75. The van der Waals surface area contributed by atoms with Crippen LogP contribution in [0.3, 0.4) is 0 Å². The van der Waals surface area contributed by atoms with E-state index in [0.29, 0.717) is 22.2 Å². The van der Waals surface area contributed by atoms with Gasteiger partial charge in [0.05, 0.1) is 10.7 Å². The van der Waals surface area contributed by atoms with Crippen LogP contribution in [0.2, 0.25) is 5.02 Å². The minimum absolute atomic E-state index is 0.188. The van der Waals surface area contributed by atoms with Gasteiger partial charge >= 0.3 is 0 Å². The van der Waals surface area contributed by atoms with Crippen molar-refractivity contribution >= 4 is 23.1 Å². The van der Waals surface area contributed by atoms with E-state index in [9.17, 15) is 4.79 Å². The van der Waals surface area contributed by atoms with Gasteiger partial charge in [-0.05, 0) is 43.5 Å². The molecule has 4 heteroatoms. The highest BCUT2D eigenvalue weighted by molar-refractivity contribution is 6.33. The van der Waals surface area contributed by atoms with Gasteiger partial charge in [-0.2, -0.15) is 0 Å². The predicted octanol–water partition coefficient (Wildman–Crippen LogP) is 3.13. The Kier molecular flexibility index (Phi) is 4.16. The first kappa shape index (κ1) is 14.4. The molecule has 1 fully saturated rings. The summed E-state index contributed by atoms with van der Waals surface area (Å²) in [5.74, 6) is 0.682. The molecule has 0 aliphatic carbocycles. The van der Waals surface area contributed by atoms with E-state index < -0.39 is 0 Å². The molecule has 1 aliphatic heterocycles. The topological polar surface area (TPSA) is 55.1 Å². The summed E-state index contributed by atoms with van der Waals surface area (Å²) >= 11 is 6.02. The van der Waals surface area contributed by atoms with Crippen LogP contribution in [0.25, 0.3) is 0 Å². The molecule has 104 valence electrons. The fraction of sp³-hybridized carbons (Fsp3) is 0.533. The van der Waals surface area contributed by atoms with Crippen LogP contribution in [0.4, 0.5) is 5.69 Å². The molecule has 3 nitrogen and oxygen atoms in total. The molecular weight excluding hydrogens is 260 g/mol. The summed E-state index contributed by atoms with van der Waals surface area (Å²) in [6.07, 6.45) is 1.80. The third-order valence-corrected chi connectivity index (χ3v) is 4.11. The number of hydrogen-bond acceptors (Lipinski definition) is 3. The van der Waals surface area contributed by atoms with Crippen molar-refractivity contribution in [2.24, 2.45) is 11.3 Å². The largest absolute Gasteiger partial charge is 0.398 e. The van der Waals surface area contributed by atoms with Gasteiger partial charge in [0.2, 0.25) is 0 Å². The van der Waals surface area contributed by atoms with Gasteiger partial charge in [-0.3, -0.25) is 4.79 Å². The Hall–Kier alpha value is -1.06. The van der Waals surface area contributed by atoms with Crippen molar-refractivity contribution < 1.29 is 4.79 Å². The highest BCUT2D eigenvalue weighted by Gasteiger charge is 2.41. The number of carbonyl (C=O) groups is 1. The van der Waals surface area contributed by atoms with Gasteiger partial charge < -0.3 is 11.1 Å². The average Bonchev–Trinajstić information content (AvgIpc) is 2.80. The van der Waals surface area contributed by atoms with Crippen LogP contribution in [0, 0.1) is 11.3 Å². The maximum atomic E-state index is 12.8. The van der Waals surface area contributed by atoms with E-state index in [2.05, 4.69) is 19.2 Å². The van der Waals surface area contributed by atoms with Gasteiger partial charge in [-0.25, -0.2) is 0 Å². The lowest BCUT2D eigenvalue weighted by Crippen LogP contribution is -2.35. The van der Waals surface area contributed by atoms with Crippen LogP contribution in [0.5, 0.6) is 0 Å². The lowest BCUT2D eigenvalue weighted by atomic mass is 9.74. The molecule has 1 aliphatic rings. The van der Waals surface area contributed by atoms with E-state index in [1.807, 2.05) is 0 Å². The molecule has 0 bridgehead atoms. The second-order valence-electron chi connectivity index (χ2n) is 5.87. The van der Waals surface area contributed by atoms with Crippen LogP contribution in [-0.2, 0) is 0 Å². The number of anilines is 1. The second-order valence-corrected chi connectivity index (χ2v) is 6.28. The van der Waals surface area contributed by atoms with E-state index in [1.54, 1.807) is 18.2 Å². The van der Waals surface area contributed by atoms with Crippen molar-refractivity contribution in [2.45, 2.75) is 26.7 Å². The van der Waals surface area contributed by atoms with E-state index in [1.165, 1.54) is 0 Å². The number of ketones is 1. The molecular formula is C15H21ClN2O. The Morgan fingerprint density at radius 1 is 1.53 bits per heavy atom. The Labute approximate surface area is 119 Å². The SMILES string of the molecule is CC(C)C[C@@]1(C(=O)c2ccc(N)c(Cl)c2)CCNC1. The second kappa shape index (κ2) is 5.51. The van der Waals surface area contributed by atoms with Crippen molar-refractivity contribution in [3.8, 4) is 0 Å². The standard InChI is InChI=1S/C15H21ClN2O/c1-10(2)8-15(5-6-18-9-15)14(19)11-3-4-13(17)12(16)7-11/h3-4,7,10,18H,5-6,8-9,17H2,1-2H3/t15-/m0/s1. The van der Waals surface area contributed by atoms with Gasteiger partial charge in [0, 0.05) is 17.5 Å². The summed E-state index contributed by atoms with van der Waals surface area (Å²) in [5, 5.41) is 3.77. The fourth-order valence-corrected chi connectivity index (χ4v) is 3.14. The number of carbonyl (C=O) groups excluding carboxylic acids is 1. The Balaban J connectivity index is 2.31. The quantitative estimate of drug-likeness (QED) is 0.658. The molecule has 0 radical (unpaired) electrons. The van der Waals surface area contributed by atoms with Crippen molar-refractivity contribution in [3.05, 3.63) is 28.8 Å². The molecule has 1 heterocycles. The van der Waals surface area contributed by atoms with Crippen LogP contribution < -0.4 is 11.1 Å². The highest BCUT2D eigenvalue weighted by Crippen LogP contribution is 2.37. The maximum absolute atomic E-state index is 12.8. The molecule has 3 N–H and O–H groups in total. The van der Waals surface area contributed by atoms with Gasteiger partial charge in [0.1, 0.15) is 0 Å². The van der Waals surface area contributed by atoms with Gasteiger partial charge in [-0.15, -0.1) is 0 Å². The summed E-state index contributed by atoms with van der Waals surface area (Å²) in [6, 6.07) is 5.19. The summed E-state index contributed by atoms with van der Waals surface area (Å²) in [4.78, 5) is 12.8. The van der Waals surface area contributed by atoms with Gasteiger partial charge in [0.25, 0.3) is 0 Å². The fourth-order valence-electron chi connectivity index (χ4n) is 2.96. The number of nitrogens with one attached hydrogen (secondary N) is 1. The summed E-state index contributed by atoms with van der Waals surface area (Å²) < 4.78 is 0. The summed E-state index contributed by atoms with van der Waals surface area (Å²) in [5.41, 5.74) is 6.60. The molecule has 0 aromatic heterocycles. The molecule has 0 amide bonds. The van der Waals surface area contributed by atoms with Crippen LogP contribution >= 0.6 is 11.6 Å². The molecule has 1 aromatic rings. The lowest BCUT2D eigenvalue weighted by Gasteiger charge is -2.28. The minimum atomic E-state index is -0.284. The van der Waals surface area contributed by atoms with Gasteiger partial charge in [0.15, 0.2) is 5.78 Å². The van der Waals surface area contributed by atoms with E-state index in [4.69, 9.17) is 17.3 Å². The van der Waals surface area contributed by atoms with Crippen LogP contribution in [-0.4, -0.2) is 18.9 Å². The predicted molar refractivity (Wildman–Crippen MR) is 79.6 cm³/mol. The smallest absolute Gasteiger partial charge is 0.170 e. The van der Waals surface area contributed by atoms with E-state index in [0.717, 1.165) is 25.9 Å². The number of halogens is 1. The number of hydrogen-bond donors (Lipinski definition) is 2. The van der Waals surface area contributed by atoms with Crippen molar-refractivity contribution in [2.75, 3.05) is 18.8 Å². The first-order valence-corrected chi connectivity index (χ1v) is 7.13. The van der Waals surface area contributed by atoms with E-state index in [-0.39, 0.29) is 11.2 Å². The Morgan fingerprint density at radius 3 is 2.79 bits per heavy atom. The Bertz CT molecular complexity index is 479. The van der Waals surface area contributed by atoms with E-state index >= 15 is 0 Å². The van der Waals surface area contributed by atoms with Crippen molar-refractivity contribution in [1.29, 1.82) is 0 Å². The monoisotopic (exact) mass is 280 g/mol. The zero-order chi connectivity index (χ0) is 14.0. The maximum Gasteiger partial charge on any atom is 0.170 e. The molecule has 1 aromatic carbocycles. The minimum Gasteiger partial charge on any atom is -0.398 e. The number of rotatable bonds is 4. The molecule has 2 rings (SSSR count). The highest BCUT2D eigenvalue weighted by atomic mass is 35.5. The zero-order valence-electron chi connectivity index (χ0n) is 11.5. The van der Waals surface area contributed by atoms with Crippen molar-refractivity contribution in [1.82, 2.24) is 5.32 Å². The van der Waals surface area contributed by atoms with Crippen LogP contribution in [0.15, 0.2) is 18.2 Å². The molecule has 0 saturated carbocycles. The lowest BCUT2D eigenvalue weighted by molar-refractivity contribution is 0.0782. The molecule has 1 atom stereocenters. The third kappa shape index (κ3) is 2.93. The van der Waals surface area contributed by atoms with Gasteiger partial charge in [-0.1, -0.05) is 25.4 Å². The molecule has 0 spiro atoms. The Morgan fingerprint density at radius 2 is 2.26 bits per heavy atom. The summed E-state index contributed by atoms with van der Waals surface area (Å²) in [6.45, 7) is 5.97. The third-order valence-electron chi connectivity index (χ3n) is 3.79. The van der Waals surface area contributed by atoms with Crippen molar-refractivity contribution in [3.63, 3.8) is 0 Å². The normalized spacial score (nSPS) is 22.9. The first-order chi connectivity index (χ1) is 8.94. The molecule has 0 unspecified atom stereocenters. The number of nitrogen functional groups attached to an aromatic ring is 1. The summed E-state index contributed by atoms with van der Waals surface area (Å²) in [7, 11) is 0. The van der Waals surface area contributed by atoms with Crippen LogP contribution in [0.1, 0.15) is 37.0 Å². The number of benzene rings is 1. The number of Topliss-reactive ketones (excluding diaryl/α,β-unsaturated/α-hetero) is 1. The number of nitrogens with two attached hydrogens (primary N) is 1. The molecule has 1 saturated heterocycles. The molecule has 19 heavy (non-hydrogen) atoms. The zero-order valence-corrected chi connectivity index (χ0v) is 12.3. The average molecular weight is 281 g/mol.